The summed E-state index contributed by atoms with van der Waals surface area (Å²) >= 11 is 0. The lowest BCUT2D eigenvalue weighted by molar-refractivity contribution is -0.123. The van der Waals surface area contributed by atoms with Gasteiger partial charge < -0.3 is 15.4 Å². The number of hydrogen-bond donors (Lipinski definition) is 3. The minimum atomic E-state index is -3.31. The number of ether oxygens (including phenoxy) is 1. The molecule has 9 heteroatoms. The molecule has 3 aromatic carbocycles. The van der Waals surface area contributed by atoms with Crippen LogP contribution in [0.1, 0.15) is 43.7 Å². The number of carbonyl (C=O) groups is 1. The third-order valence-electron chi connectivity index (χ3n) is 6.95. The predicted octanol–water partition coefficient (Wildman–Crippen LogP) is 4.89. The van der Waals surface area contributed by atoms with Crippen LogP contribution in [-0.2, 0) is 27.9 Å². The number of benzene rings is 3. The number of hydrogen-bond acceptors (Lipinski definition) is 6. The largest absolute Gasteiger partial charge is 0.457 e. The number of nitrogens with one attached hydrogen (secondary N) is 3. The first-order valence-electron chi connectivity index (χ1n) is 13.9. The van der Waals surface area contributed by atoms with Gasteiger partial charge in [-0.2, -0.15) is 0 Å². The van der Waals surface area contributed by atoms with Gasteiger partial charge in [-0.15, -0.1) is 0 Å². The molecule has 1 saturated heterocycles. The summed E-state index contributed by atoms with van der Waals surface area (Å²) in [4.78, 5) is 15.3. The number of carbonyl (C=O) groups excluding carboxylic acids is 1. The van der Waals surface area contributed by atoms with Gasteiger partial charge in [0.15, 0.2) is 0 Å². The van der Waals surface area contributed by atoms with E-state index < -0.39 is 10.0 Å². The van der Waals surface area contributed by atoms with Gasteiger partial charge in [-0.25, -0.2) is 8.42 Å². The highest BCUT2D eigenvalue weighted by Crippen LogP contribution is 2.24. The minimum absolute atomic E-state index is 0.0805. The highest BCUT2D eigenvalue weighted by Gasteiger charge is 2.25. The van der Waals surface area contributed by atoms with E-state index in [0.29, 0.717) is 24.0 Å². The molecule has 1 fully saturated rings. The number of anilines is 1. The van der Waals surface area contributed by atoms with Crippen LogP contribution in [0.2, 0.25) is 0 Å². The Morgan fingerprint density at radius 1 is 0.925 bits per heavy atom. The van der Waals surface area contributed by atoms with Crippen molar-refractivity contribution in [2.45, 2.75) is 57.8 Å². The molecule has 0 aliphatic carbocycles. The van der Waals surface area contributed by atoms with Crippen LogP contribution in [0, 0.1) is 0 Å². The van der Waals surface area contributed by atoms with Crippen molar-refractivity contribution in [3.8, 4) is 11.5 Å². The van der Waals surface area contributed by atoms with Gasteiger partial charge in [-0.3, -0.25) is 14.4 Å². The molecule has 1 atom stereocenters. The minimum Gasteiger partial charge on any atom is -0.457 e. The van der Waals surface area contributed by atoms with Crippen molar-refractivity contribution >= 4 is 21.6 Å². The van der Waals surface area contributed by atoms with Gasteiger partial charge in [0.25, 0.3) is 0 Å². The van der Waals surface area contributed by atoms with Crippen LogP contribution < -0.4 is 20.1 Å². The summed E-state index contributed by atoms with van der Waals surface area (Å²) in [5.74, 6) is 1.44. The van der Waals surface area contributed by atoms with E-state index in [1.807, 2.05) is 42.5 Å². The molecule has 0 aromatic heterocycles. The van der Waals surface area contributed by atoms with E-state index in [1.165, 1.54) is 5.56 Å². The Morgan fingerprint density at radius 2 is 1.55 bits per heavy atom. The molecule has 1 amide bonds. The molecule has 1 aliphatic heterocycles. The Labute approximate surface area is 238 Å². The fraction of sp³-hybridized carbons (Fsp3) is 0.387. The first kappa shape index (κ1) is 29.6. The first-order chi connectivity index (χ1) is 19.3. The maximum Gasteiger partial charge on any atom is 0.237 e. The van der Waals surface area contributed by atoms with Crippen molar-refractivity contribution in [2.75, 3.05) is 24.1 Å². The Morgan fingerprint density at radius 3 is 2.15 bits per heavy atom. The third kappa shape index (κ3) is 9.66. The molecule has 1 heterocycles. The molecule has 3 N–H and O–H groups in total. The topological polar surface area (TPSA) is 99.8 Å². The highest BCUT2D eigenvalue weighted by atomic mass is 32.2. The van der Waals surface area contributed by atoms with Gasteiger partial charge in [-0.1, -0.05) is 55.8 Å². The van der Waals surface area contributed by atoms with Crippen molar-refractivity contribution in [1.82, 2.24) is 15.5 Å². The molecule has 0 bridgehead atoms. The summed E-state index contributed by atoms with van der Waals surface area (Å²) in [6.07, 6.45) is 4.93. The Kier molecular flexibility index (Phi) is 10.6. The summed E-state index contributed by atoms with van der Waals surface area (Å²) in [6.45, 7) is 5.50. The summed E-state index contributed by atoms with van der Waals surface area (Å²) in [5.41, 5.74) is 2.82. The van der Waals surface area contributed by atoms with E-state index in [2.05, 4.69) is 39.3 Å². The zero-order valence-electron chi connectivity index (χ0n) is 23.3. The Balaban J connectivity index is 1.20. The molecule has 0 radical (unpaired) electrons. The van der Waals surface area contributed by atoms with Gasteiger partial charge in [0.1, 0.15) is 11.5 Å². The molecule has 214 valence electrons. The van der Waals surface area contributed by atoms with Gasteiger partial charge in [0.2, 0.25) is 15.9 Å². The van der Waals surface area contributed by atoms with Crippen molar-refractivity contribution in [2.24, 2.45) is 0 Å². The van der Waals surface area contributed by atoms with E-state index >= 15 is 0 Å². The molecule has 40 heavy (non-hydrogen) atoms. The van der Waals surface area contributed by atoms with Crippen LogP contribution in [0.25, 0.3) is 0 Å². The molecule has 1 aliphatic rings. The maximum atomic E-state index is 12.9. The molecular formula is C31H40N4O4S. The van der Waals surface area contributed by atoms with Crippen LogP contribution >= 0.6 is 0 Å². The van der Waals surface area contributed by atoms with Crippen LogP contribution in [0.5, 0.6) is 11.5 Å². The van der Waals surface area contributed by atoms with E-state index in [0.717, 1.165) is 62.9 Å². The smallest absolute Gasteiger partial charge is 0.237 e. The van der Waals surface area contributed by atoms with Gasteiger partial charge in [0, 0.05) is 24.8 Å². The van der Waals surface area contributed by atoms with E-state index in [-0.39, 0.29) is 11.9 Å². The van der Waals surface area contributed by atoms with Crippen LogP contribution in [0.15, 0.2) is 78.9 Å². The van der Waals surface area contributed by atoms with Crippen molar-refractivity contribution in [3.63, 3.8) is 0 Å². The standard InChI is InChI=1S/C31H40N4O4S/c1-3-7-30(31(36)32-22-24-8-5-4-6-9-24)33-26-18-20-35(21-19-26)23-25-10-14-28(15-11-25)39-29-16-12-27(13-17-29)34-40(2,37)38/h4-6,8-17,26,30,33-34H,3,7,18-23H2,1-2H3,(H,32,36). The molecule has 8 nitrogen and oxygen atoms in total. The summed E-state index contributed by atoms with van der Waals surface area (Å²) in [5, 5.41) is 6.73. The average Bonchev–Trinajstić information content (AvgIpc) is 2.94. The fourth-order valence-corrected chi connectivity index (χ4v) is 5.46. The number of rotatable bonds is 13. The lowest BCUT2D eigenvalue weighted by Gasteiger charge is -2.34. The fourth-order valence-electron chi connectivity index (χ4n) is 4.89. The van der Waals surface area contributed by atoms with Crippen molar-refractivity contribution in [1.29, 1.82) is 0 Å². The number of nitrogens with zero attached hydrogens (tertiary/aromatic N) is 1. The van der Waals surface area contributed by atoms with Crippen LogP contribution in [-0.4, -0.2) is 50.7 Å². The van der Waals surface area contributed by atoms with Crippen LogP contribution in [0.3, 0.4) is 0 Å². The molecule has 0 saturated carbocycles. The second-order valence-electron chi connectivity index (χ2n) is 10.4. The predicted molar refractivity (Wildman–Crippen MR) is 160 cm³/mol. The first-order valence-corrected chi connectivity index (χ1v) is 15.8. The lowest BCUT2D eigenvalue weighted by Crippen LogP contribution is -2.51. The number of sulfonamides is 1. The number of piperidine rings is 1. The van der Waals surface area contributed by atoms with E-state index in [4.69, 9.17) is 4.74 Å². The highest BCUT2D eigenvalue weighted by molar-refractivity contribution is 7.92. The summed E-state index contributed by atoms with van der Waals surface area (Å²) in [7, 11) is -3.31. The maximum absolute atomic E-state index is 12.9. The van der Waals surface area contributed by atoms with Gasteiger partial charge >= 0.3 is 0 Å². The molecule has 1 unspecified atom stereocenters. The van der Waals surface area contributed by atoms with Crippen molar-refractivity contribution in [3.05, 3.63) is 90.0 Å². The quantitative estimate of drug-likeness (QED) is 0.273. The lowest BCUT2D eigenvalue weighted by atomic mass is 10.0. The monoisotopic (exact) mass is 564 g/mol. The third-order valence-corrected chi connectivity index (χ3v) is 7.56. The zero-order chi connectivity index (χ0) is 28.4. The molecule has 0 spiro atoms. The van der Waals surface area contributed by atoms with Gasteiger partial charge in [-0.05, 0) is 79.9 Å². The second kappa shape index (κ2) is 14.3. The second-order valence-corrected chi connectivity index (χ2v) is 12.2. The Hall–Kier alpha value is -3.40. The van der Waals surface area contributed by atoms with Crippen molar-refractivity contribution < 1.29 is 17.9 Å². The zero-order valence-corrected chi connectivity index (χ0v) is 24.1. The molecule has 3 aromatic rings. The van der Waals surface area contributed by atoms with E-state index in [1.54, 1.807) is 24.3 Å². The van der Waals surface area contributed by atoms with E-state index in [9.17, 15) is 13.2 Å². The SMILES string of the molecule is CCCC(NC1CCN(Cc2ccc(Oc3ccc(NS(C)(=O)=O)cc3)cc2)CC1)C(=O)NCc1ccccc1. The van der Waals surface area contributed by atoms with Gasteiger partial charge in [0.05, 0.1) is 12.3 Å². The Bertz CT molecular complexity index is 1310. The number of amides is 1. The summed E-state index contributed by atoms with van der Waals surface area (Å²) < 4.78 is 31.1. The molecular weight excluding hydrogens is 524 g/mol. The van der Waals surface area contributed by atoms with Crippen LogP contribution in [0.4, 0.5) is 5.69 Å². The average molecular weight is 565 g/mol. The molecule has 4 rings (SSSR count). The summed E-state index contributed by atoms with van der Waals surface area (Å²) in [6, 6.07) is 25.1. The number of likely N-dealkylation sites (tertiary alicyclic amines) is 1. The normalized spacial score (nSPS) is 15.3.